The Morgan fingerprint density at radius 1 is 1.46 bits per heavy atom. The van der Waals surface area contributed by atoms with Crippen LogP contribution in [0.15, 0.2) is 12.1 Å². The fourth-order valence-corrected chi connectivity index (χ4v) is 1.62. The van der Waals surface area contributed by atoms with Gasteiger partial charge in [0, 0.05) is 10.6 Å². The van der Waals surface area contributed by atoms with E-state index in [2.05, 4.69) is 0 Å². The molecular weight excluding hydrogens is 191 g/mol. The molecule has 0 heterocycles. The van der Waals surface area contributed by atoms with E-state index < -0.39 is 0 Å². The van der Waals surface area contributed by atoms with Crippen molar-refractivity contribution in [3.63, 3.8) is 0 Å². The molecule has 0 fully saturated rings. The molecule has 0 aliphatic rings. The van der Waals surface area contributed by atoms with E-state index in [4.69, 9.17) is 16.7 Å². The summed E-state index contributed by atoms with van der Waals surface area (Å²) in [6, 6.07) is 2.80. The summed E-state index contributed by atoms with van der Waals surface area (Å²) >= 11 is 5.82. The molecule has 0 spiro atoms. The van der Waals surface area contributed by atoms with Crippen molar-refractivity contribution in [3.8, 4) is 0 Å². The summed E-state index contributed by atoms with van der Waals surface area (Å²) in [4.78, 5) is 0. The molecule has 3 heteroatoms. The number of aliphatic hydroxyl groups excluding tert-OH is 1. The third-order valence-electron chi connectivity index (χ3n) is 1.98. The zero-order valence-electron chi connectivity index (χ0n) is 7.64. The lowest BCUT2D eigenvalue weighted by Gasteiger charge is -2.13. The molecule has 1 nitrogen and oxygen atoms in total. The van der Waals surface area contributed by atoms with Crippen molar-refractivity contribution in [1.82, 2.24) is 0 Å². The lowest BCUT2D eigenvalue weighted by atomic mass is 9.97. The molecular formula is C10H12ClFO. The first-order valence-electron chi connectivity index (χ1n) is 4.15. The van der Waals surface area contributed by atoms with Crippen LogP contribution in [0.3, 0.4) is 0 Å². The van der Waals surface area contributed by atoms with E-state index in [1.165, 1.54) is 12.1 Å². The van der Waals surface area contributed by atoms with E-state index in [-0.39, 0.29) is 18.3 Å². The molecule has 0 aliphatic heterocycles. The smallest absolute Gasteiger partial charge is 0.127 e. The minimum Gasteiger partial charge on any atom is -0.392 e. The maximum Gasteiger partial charge on any atom is 0.127 e. The summed E-state index contributed by atoms with van der Waals surface area (Å²) < 4.78 is 13.3. The minimum atomic E-state index is -0.302. The Hall–Kier alpha value is -0.600. The molecule has 0 amide bonds. The molecule has 0 aliphatic carbocycles. The highest BCUT2D eigenvalue weighted by atomic mass is 35.5. The Kier molecular flexibility index (Phi) is 3.28. The zero-order chi connectivity index (χ0) is 10.0. The molecule has 0 saturated carbocycles. The van der Waals surface area contributed by atoms with Gasteiger partial charge in [-0.3, -0.25) is 0 Å². The second-order valence-corrected chi connectivity index (χ2v) is 3.64. The van der Waals surface area contributed by atoms with E-state index in [1.807, 2.05) is 13.8 Å². The fraction of sp³-hybridized carbons (Fsp3) is 0.400. The molecule has 0 bridgehead atoms. The summed E-state index contributed by atoms with van der Waals surface area (Å²) in [5, 5.41) is 9.45. The summed E-state index contributed by atoms with van der Waals surface area (Å²) in [7, 11) is 0. The normalized spacial score (nSPS) is 10.9. The third kappa shape index (κ3) is 2.01. The van der Waals surface area contributed by atoms with Crippen molar-refractivity contribution in [3.05, 3.63) is 34.1 Å². The van der Waals surface area contributed by atoms with Crippen LogP contribution in [-0.4, -0.2) is 5.11 Å². The highest BCUT2D eigenvalue weighted by Crippen LogP contribution is 2.28. The summed E-state index contributed by atoms with van der Waals surface area (Å²) in [6.45, 7) is 3.52. The SMILES string of the molecule is CC(C)c1c(F)ccc(Cl)c1CO. The predicted octanol–water partition coefficient (Wildman–Crippen LogP) is 3.09. The molecule has 13 heavy (non-hydrogen) atoms. The Balaban J connectivity index is 3.35. The minimum absolute atomic E-state index is 0.0286. The molecule has 0 aromatic heterocycles. The lowest BCUT2D eigenvalue weighted by Crippen LogP contribution is -2.01. The van der Waals surface area contributed by atoms with E-state index in [1.54, 1.807) is 0 Å². The van der Waals surface area contributed by atoms with Gasteiger partial charge in [0.25, 0.3) is 0 Å². The first kappa shape index (κ1) is 10.5. The average Bonchev–Trinajstić information content (AvgIpc) is 2.07. The first-order chi connectivity index (χ1) is 6.07. The summed E-state index contributed by atoms with van der Waals surface area (Å²) in [5.41, 5.74) is 1.01. The fourth-order valence-electron chi connectivity index (χ4n) is 1.39. The van der Waals surface area contributed by atoms with Crippen LogP contribution in [0, 0.1) is 5.82 Å². The molecule has 0 atom stereocenters. The summed E-state index contributed by atoms with van der Waals surface area (Å²) in [6.07, 6.45) is 0. The highest BCUT2D eigenvalue weighted by molar-refractivity contribution is 6.31. The van der Waals surface area contributed by atoms with E-state index in [9.17, 15) is 4.39 Å². The van der Waals surface area contributed by atoms with Gasteiger partial charge in [-0.1, -0.05) is 25.4 Å². The maximum atomic E-state index is 13.3. The van der Waals surface area contributed by atoms with Gasteiger partial charge < -0.3 is 5.11 Å². The van der Waals surface area contributed by atoms with E-state index in [0.717, 1.165) is 0 Å². The number of aliphatic hydroxyl groups is 1. The van der Waals surface area contributed by atoms with Crippen LogP contribution in [0.5, 0.6) is 0 Å². The van der Waals surface area contributed by atoms with Gasteiger partial charge in [-0.25, -0.2) is 4.39 Å². The average molecular weight is 203 g/mol. The highest BCUT2D eigenvalue weighted by Gasteiger charge is 2.14. The Morgan fingerprint density at radius 3 is 2.46 bits per heavy atom. The topological polar surface area (TPSA) is 20.2 Å². The van der Waals surface area contributed by atoms with Crippen LogP contribution < -0.4 is 0 Å². The van der Waals surface area contributed by atoms with Gasteiger partial charge in [0.2, 0.25) is 0 Å². The standard InChI is InChI=1S/C10H12ClFO/c1-6(2)10-7(5-13)8(11)3-4-9(10)12/h3-4,6,13H,5H2,1-2H3. The number of halogens is 2. The van der Waals surface area contributed by atoms with Gasteiger partial charge in [0.15, 0.2) is 0 Å². The maximum absolute atomic E-state index is 13.3. The van der Waals surface area contributed by atoms with Gasteiger partial charge in [-0.05, 0) is 23.6 Å². The Morgan fingerprint density at radius 2 is 2.08 bits per heavy atom. The van der Waals surface area contributed by atoms with E-state index >= 15 is 0 Å². The number of hydrogen-bond donors (Lipinski definition) is 1. The van der Waals surface area contributed by atoms with Crippen LogP contribution in [0.1, 0.15) is 30.9 Å². The van der Waals surface area contributed by atoms with Crippen molar-refractivity contribution in [2.75, 3.05) is 0 Å². The molecule has 1 N–H and O–H groups in total. The quantitative estimate of drug-likeness (QED) is 0.782. The Labute approximate surface area is 82.2 Å². The lowest BCUT2D eigenvalue weighted by molar-refractivity contribution is 0.279. The molecule has 1 rings (SSSR count). The number of benzene rings is 1. The monoisotopic (exact) mass is 202 g/mol. The predicted molar refractivity (Wildman–Crippen MR) is 51.4 cm³/mol. The van der Waals surface area contributed by atoms with Gasteiger partial charge in [-0.15, -0.1) is 0 Å². The van der Waals surface area contributed by atoms with Crippen LogP contribution in [0.4, 0.5) is 4.39 Å². The van der Waals surface area contributed by atoms with Gasteiger partial charge in [0.1, 0.15) is 5.82 Å². The van der Waals surface area contributed by atoms with Crippen molar-refractivity contribution in [2.45, 2.75) is 26.4 Å². The van der Waals surface area contributed by atoms with Gasteiger partial charge in [-0.2, -0.15) is 0 Å². The zero-order valence-corrected chi connectivity index (χ0v) is 8.40. The second-order valence-electron chi connectivity index (χ2n) is 3.23. The van der Waals surface area contributed by atoms with Crippen LogP contribution in [0.2, 0.25) is 5.02 Å². The Bertz CT molecular complexity index is 310. The van der Waals surface area contributed by atoms with Crippen molar-refractivity contribution in [2.24, 2.45) is 0 Å². The van der Waals surface area contributed by atoms with E-state index in [0.29, 0.717) is 16.1 Å². The number of rotatable bonds is 2. The van der Waals surface area contributed by atoms with Gasteiger partial charge >= 0.3 is 0 Å². The summed E-state index contributed by atoms with van der Waals surface area (Å²) in [5.74, 6) is -0.274. The van der Waals surface area contributed by atoms with Crippen molar-refractivity contribution >= 4 is 11.6 Å². The van der Waals surface area contributed by atoms with Crippen LogP contribution >= 0.6 is 11.6 Å². The van der Waals surface area contributed by atoms with Gasteiger partial charge in [0.05, 0.1) is 6.61 Å². The molecule has 0 radical (unpaired) electrons. The third-order valence-corrected chi connectivity index (χ3v) is 2.34. The van der Waals surface area contributed by atoms with Crippen molar-refractivity contribution < 1.29 is 9.50 Å². The number of hydrogen-bond acceptors (Lipinski definition) is 1. The second kappa shape index (κ2) is 4.07. The van der Waals surface area contributed by atoms with Crippen LogP contribution in [0.25, 0.3) is 0 Å². The van der Waals surface area contributed by atoms with Crippen molar-refractivity contribution in [1.29, 1.82) is 0 Å². The van der Waals surface area contributed by atoms with Crippen LogP contribution in [-0.2, 0) is 6.61 Å². The first-order valence-corrected chi connectivity index (χ1v) is 4.53. The molecule has 0 unspecified atom stereocenters. The molecule has 72 valence electrons. The molecule has 0 saturated heterocycles. The molecule has 1 aromatic rings. The molecule has 1 aromatic carbocycles. The largest absolute Gasteiger partial charge is 0.392 e.